The number of nitrogens with zero attached hydrogens (tertiary/aromatic N) is 1. The summed E-state index contributed by atoms with van der Waals surface area (Å²) in [7, 11) is 0. The molecule has 0 aliphatic carbocycles. The van der Waals surface area contributed by atoms with Crippen molar-refractivity contribution in [3.05, 3.63) is 45.7 Å². The van der Waals surface area contributed by atoms with E-state index in [-0.39, 0.29) is 5.56 Å². The molecule has 7 heteroatoms. The second kappa shape index (κ2) is 9.12. The molecule has 1 fully saturated rings. The number of pyridine rings is 1. The summed E-state index contributed by atoms with van der Waals surface area (Å²) >= 11 is 5.31. The van der Waals surface area contributed by atoms with E-state index in [2.05, 4.69) is 26.6 Å². The van der Waals surface area contributed by atoms with E-state index in [1.807, 2.05) is 25.1 Å². The Morgan fingerprint density at radius 2 is 2.00 bits per heavy atom. The Balaban J connectivity index is 1.43. The zero-order chi connectivity index (χ0) is 18.4. The maximum atomic E-state index is 12.2. The van der Waals surface area contributed by atoms with Crippen molar-refractivity contribution in [3.8, 4) is 0 Å². The highest BCUT2D eigenvalue weighted by Gasteiger charge is 2.09. The summed E-state index contributed by atoms with van der Waals surface area (Å²) < 4.78 is 5.34. The third-order valence-corrected chi connectivity index (χ3v) is 4.86. The molecule has 0 unspecified atom stereocenters. The highest BCUT2D eigenvalue weighted by Crippen LogP contribution is 2.13. The lowest BCUT2D eigenvalue weighted by Crippen LogP contribution is -2.44. The van der Waals surface area contributed by atoms with Crippen molar-refractivity contribution < 1.29 is 4.74 Å². The van der Waals surface area contributed by atoms with Crippen molar-refractivity contribution in [2.75, 3.05) is 45.9 Å². The lowest BCUT2D eigenvalue weighted by Gasteiger charge is -2.26. The number of ether oxygens (including phenoxy) is 1. The van der Waals surface area contributed by atoms with Crippen LogP contribution >= 0.6 is 12.2 Å². The minimum Gasteiger partial charge on any atom is -0.379 e. The zero-order valence-corrected chi connectivity index (χ0v) is 16.0. The number of thiocarbonyl (C=S) groups is 1. The van der Waals surface area contributed by atoms with Gasteiger partial charge in [0.2, 0.25) is 0 Å². The van der Waals surface area contributed by atoms with Gasteiger partial charge in [0.05, 0.1) is 13.2 Å². The fourth-order valence-corrected chi connectivity index (χ4v) is 3.28. The fraction of sp³-hybridized carbons (Fsp3) is 0.474. The molecule has 0 spiro atoms. The lowest BCUT2D eigenvalue weighted by atomic mass is 10.1. The molecule has 1 aromatic carbocycles. The predicted octanol–water partition coefficient (Wildman–Crippen LogP) is 1.18. The van der Waals surface area contributed by atoms with Gasteiger partial charge in [0, 0.05) is 43.8 Å². The molecule has 1 saturated heterocycles. The minimum atomic E-state index is -0.0314. The Hall–Kier alpha value is -1.96. The molecule has 140 valence electrons. The standard InChI is InChI=1S/C19H26N4O2S/c1-14-2-3-15-13-16(18(24)22-17(15)12-14)4-5-20-19(26)21-6-7-23-8-10-25-11-9-23/h2-3,12-13H,4-11H2,1H3,(H,22,24)(H2,20,21,26). The van der Waals surface area contributed by atoms with Crippen molar-refractivity contribution >= 4 is 28.2 Å². The zero-order valence-electron chi connectivity index (χ0n) is 15.1. The molecule has 1 aromatic heterocycles. The Bertz CT molecular complexity index is 815. The van der Waals surface area contributed by atoms with Gasteiger partial charge >= 0.3 is 0 Å². The van der Waals surface area contributed by atoms with Crippen LogP contribution in [0.2, 0.25) is 0 Å². The lowest BCUT2D eigenvalue weighted by molar-refractivity contribution is 0.0389. The number of aromatic amines is 1. The summed E-state index contributed by atoms with van der Waals surface area (Å²) in [5.41, 5.74) is 2.75. The Labute approximate surface area is 158 Å². The maximum absolute atomic E-state index is 12.2. The van der Waals surface area contributed by atoms with Gasteiger partial charge in [-0.15, -0.1) is 0 Å². The number of H-pyrrole nitrogens is 1. The summed E-state index contributed by atoms with van der Waals surface area (Å²) in [5, 5.41) is 8.08. The van der Waals surface area contributed by atoms with E-state index in [9.17, 15) is 4.79 Å². The molecule has 0 radical (unpaired) electrons. The van der Waals surface area contributed by atoms with Crippen LogP contribution in [0.4, 0.5) is 0 Å². The summed E-state index contributed by atoms with van der Waals surface area (Å²) in [6.45, 7) is 7.98. The number of aromatic nitrogens is 1. The Kier molecular flexibility index (Phi) is 6.60. The number of hydrogen-bond acceptors (Lipinski definition) is 4. The molecule has 0 atom stereocenters. The topological polar surface area (TPSA) is 69.4 Å². The molecule has 0 saturated carbocycles. The van der Waals surface area contributed by atoms with Gasteiger partial charge < -0.3 is 20.4 Å². The first-order valence-electron chi connectivity index (χ1n) is 9.06. The number of morpholine rings is 1. The minimum absolute atomic E-state index is 0.0314. The molecule has 0 bridgehead atoms. The van der Waals surface area contributed by atoms with Crippen LogP contribution in [0.1, 0.15) is 11.1 Å². The van der Waals surface area contributed by atoms with Gasteiger partial charge in [-0.2, -0.15) is 0 Å². The van der Waals surface area contributed by atoms with Crippen LogP contribution in [-0.4, -0.2) is 60.9 Å². The van der Waals surface area contributed by atoms with Gasteiger partial charge in [0.1, 0.15) is 0 Å². The average molecular weight is 375 g/mol. The second-order valence-corrected chi connectivity index (χ2v) is 7.01. The molecule has 3 rings (SSSR count). The maximum Gasteiger partial charge on any atom is 0.251 e. The fourth-order valence-electron chi connectivity index (χ4n) is 3.07. The van der Waals surface area contributed by atoms with Crippen LogP contribution < -0.4 is 16.2 Å². The smallest absolute Gasteiger partial charge is 0.251 e. The first kappa shape index (κ1) is 18.8. The molecule has 1 aliphatic heterocycles. The predicted molar refractivity (Wildman–Crippen MR) is 109 cm³/mol. The average Bonchev–Trinajstić information content (AvgIpc) is 2.63. The third-order valence-electron chi connectivity index (χ3n) is 4.58. The van der Waals surface area contributed by atoms with Crippen LogP contribution in [0.15, 0.2) is 29.1 Å². The molecule has 2 aromatic rings. The normalized spacial score (nSPS) is 15.1. The van der Waals surface area contributed by atoms with Gasteiger partial charge in [0.25, 0.3) is 5.56 Å². The highest BCUT2D eigenvalue weighted by molar-refractivity contribution is 7.80. The quantitative estimate of drug-likeness (QED) is 0.660. The van der Waals surface area contributed by atoms with Crippen LogP contribution in [0.25, 0.3) is 10.9 Å². The van der Waals surface area contributed by atoms with Gasteiger partial charge in [0.15, 0.2) is 5.11 Å². The van der Waals surface area contributed by atoms with Gasteiger partial charge in [-0.05, 0) is 48.6 Å². The van der Waals surface area contributed by atoms with Crippen LogP contribution in [0.3, 0.4) is 0 Å². The van der Waals surface area contributed by atoms with E-state index in [0.717, 1.165) is 61.4 Å². The van der Waals surface area contributed by atoms with E-state index in [1.165, 1.54) is 0 Å². The number of nitrogens with one attached hydrogen (secondary N) is 3. The first-order chi connectivity index (χ1) is 12.6. The number of hydrogen-bond donors (Lipinski definition) is 3. The Morgan fingerprint density at radius 3 is 2.81 bits per heavy atom. The molecule has 6 nitrogen and oxygen atoms in total. The van der Waals surface area contributed by atoms with Crippen molar-refractivity contribution in [2.45, 2.75) is 13.3 Å². The van der Waals surface area contributed by atoms with Crippen LogP contribution in [-0.2, 0) is 11.2 Å². The number of benzene rings is 1. The van der Waals surface area contributed by atoms with E-state index < -0.39 is 0 Å². The van der Waals surface area contributed by atoms with E-state index in [0.29, 0.717) is 18.1 Å². The van der Waals surface area contributed by atoms with Crippen molar-refractivity contribution in [3.63, 3.8) is 0 Å². The molecule has 26 heavy (non-hydrogen) atoms. The van der Waals surface area contributed by atoms with Crippen molar-refractivity contribution in [1.82, 2.24) is 20.5 Å². The Morgan fingerprint density at radius 1 is 1.23 bits per heavy atom. The largest absolute Gasteiger partial charge is 0.379 e. The molecule has 2 heterocycles. The second-order valence-electron chi connectivity index (χ2n) is 6.60. The molecular weight excluding hydrogens is 348 g/mol. The van der Waals surface area contributed by atoms with E-state index in [4.69, 9.17) is 17.0 Å². The number of rotatable bonds is 6. The summed E-state index contributed by atoms with van der Waals surface area (Å²) in [5.74, 6) is 0. The highest BCUT2D eigenvalue weighted by atomic mass is 32.1. The molecule has 0 amide bonds. The molecule has 1 aliphatic rings. The molecular formula is C19H26N4O2S. The van der Waals surface area contributed by atoms with E-state index >= 15 is 0 Å². The number of aryl methyl sites for hydroxylation is 1. The van der Waals surface area contributed by atoms with Crippen molar-refractivity contribution in [2.24, 2.45) is 0 Å². The van der Waals surface area contributed by atoms with Gasteiger partial charge in [-0.3, -0.25) is 9.69 Å². The van der Waals surface area contributed by atoms with Crippen LogP contribution in [0, 0.1) is 6.92 Å². The molecule has 3 N–H and O–H groups in total. The summed E-state index contributed by atoms with van der Waals surface area (Å²) in [6.07, 6.45) is 0.629. The first-order valence-corrected chi connectivity index (χ1v) is 9.47. The number of fused-ring (bicyclic) bond motifs is 1. The van der Waals surface area contributed by atoms with Gasteiger partial charge in [-0.25, -0.2) is 0 Å². The SMILES string of the molecule is Cc1ccc2cc(CCNC(=S)NCCN3CCOCC3)c(=O)[nH]c2c1. The summed E-state index contributed by atoms with van der Waals surface area (Å²) in [4.78, 5) is 17.5. The van der Waals surface area contributed by atoms with Gasteiger partial charge in [-0.1, -0.05) is 12.1 Å². The summed E-state index contributed by atoms with van der Waals surface area (Å²) in [6, 6.07) is 8.04. The van der Waals surface area contributed by atoms with E-state index in [1.54, 1.807) is 0 Å². The van der Waals surface area contributed by atoms with Crippen molar-refractivity contribution in [1.29, 1.82) is 0 Å². The van der Waals surface area contributed by atoms with Crippen LogP contribution in [0.5, 0.6) is 0 Å². The monoisotopic (exact) mass is 374 g/mol. The third kappa shape index (κ3) is 5.27.